The Morgan fingerprint density at radius 2 is 1.90 bits per heavy atom. The van der Waals surface area contributed by atoms with Gasteiger partial charge < -0.3 is 10.4 Å². The molecule has 1 aliphatic heterocycles. The molecule has 0 aromatic heterocycles. The van der Waals surface area contributed by atoms with Gasteiger partial charge in [0.1, 0.15) is 6.04 Å². The quantitative estimate of drug-likeness (QED) is 0.144. The molecule has 2 unspecified atom stereocenters. The number of hydrogen-bond donors (Lipinski definition) is 5. The molecule has 0 saturated carbocycles. The molecule has 8 nitrogen and oxygen atoms in total. The van der Waals surface area contributed by atoms with Gasteiger partial charge in [-0.3, -0.25) is 25.4 Å². The van der Waals surface area contributed by atoms with Gasteiger partial charge in [0.15, 0.2) is 5.60 Å². The number of hydrogen-bond acceptors (Lipinski definition) is 6. The van der Waals surface area contributed by atoms with Crippen molar-refractivity contribution in [1.29, 1.82) is 0 Å². The number of aliphatic hydroxyl groups is 1. The summed E-state index contributed by atoms with van der Waals surface area (Å²) in [5, 5.41) is 20.6. The fourth-order valence-corrected chi connectivity index (χ4v) is 2.24. The molecule has 1 aliphatic rings. The Kier molecular flexibility index (Phi) is 6.57. The monoisotopic (exact) mass is 406 g/mol. The third-order valence-electron chi connectivity index (χ3n) is 4.40. The van der Waals surface area contributed by atoms with Crippen molar-refractivity contribution in [3.63, 3.8) is 0 Å². The molecule has 0 bridgehead atoms. The fourth-order valence-electron chi connectivity index (χ4n) is 2.24. The fraction of sp³-hybridized carbons (Fsp3) is 0.368. The number of likely N-dealkylation sites (N-methyl/N-ethyl adjacent to an activating group) is 1. The lowest BCUT2D eigenvalue weighted by atomic mass is 9.92. The van der Waals surface area contributed by atoms with Crippen LogP contribution in [0.25, 0.3) is 0 Å². The topological polar surface area (TPSA) is 128 Å². The molecular weight excluding hydrogens is 386 g/mol. The van der Waals surface area contributed by atoms with E-state index in [1.165, 1.54) is 24.3 Å². The second-order valence-electron chi connectivity index (χ2n) is 6.71. The van der Waals surface area contributed by atoms with E-state index in [1.807, 2.05) is 17.3 Å². The Morgan fingerprint density at radius 1 is 1.31 bits per heavy atom. The van der Waals surface area contributed by atoms with E-state index in [4.69, 9.17) is 5.21 Å². The van der Waals surface area contributed by atoms with Gasteiger partial charge in [0, 0.05) is 17.7 Å². The third kappa shape index (κ3) is 5.50. The largest absolute Gasteiger partial charge is 0.380 e. The Bertz CT molecular complexity index is 905. The highest BCUT2D eigenvalue weighted by Crippen LogP contribution is 2.27. The Labute approximate surface area is 166 Å². The molecule has 1 saturated heterocycles. The molecule has 1 fully saturated rings. The third-order valence-corrected chi connectivity index (χ3v) is 4.40. The summed E-state index contributed by atoms with van der Waals surface area (Å²) in [6, 6.07) is -0.525. The summed E-state index contributed by atoms with van der Waals surface area (Å²) in [6.07, 6.45) is 0. The molecular formula is C19H20F2N4O4. The first-order valence-corrected chi connectivity index (χ1v) is 8.43. The molecule has 1 aromatic carbocycles. The number of carbonyl (C=O) groups excluding carboxylic acids is 2. The summed E-state index contributed by atoms with van der Waals surface area (Å²) in [7, 11) is 1.94. The average molecular weight is 406 g/mol. The van der Waals surface area contributed by atoms with Crippen molar-refractivity contribution in [3.05, 3.63) is 35.4 Å². The van der Waals surface area contributed by atoms with E-state index < -0.39 is 29.5 Å². The van der Waals surface area contributed by atoms with E-state index in [2.05, 4.69) is 29.4 Å². The van der Waals surface area contributed by atoms with Gasteiger partial charge in [0.25, 0.3) is 11.8 Å². The van der Waals surface area contributed by atoms with E-state index in [9.17, 15) is 23.5 Å². The van der Waals surface area contributed by atoms with E-state index in [0.29, 0.717) is 12.5 Å². The number of nitrogens with one attached hydrogen (secondary N) is 2. The van der Waals surface area contributed by atoms with Crippen LogP contribution in [0.15, 0.2) is 24.3 Å². The van der Waals surface area contributed by atoms with Crippen molar-refractivity contribution in [2.45, 2.75) is 30.7 Å². The number of nitrogens with two attached hydrogens (primary N) is 1. The Hall–Kier alpha value is -3.02. The van der Waals surface area contributed by atoms with Gasteiger partial charge in [0.2, 0.25) is 0 Å². The molecule has 2 rings (SSSR count). The Balaban J connectivity index is 2.11. The van der Waals surface area contributed by atoms with Gasteiger partial charge in [-0.15, -0.1) is 0 Å². The van der Waals surface area contributed by atoms with Crippen LogP contribution < -0.4 is 16.5 Å². The van der Waals surface area contributed by atoms with Crippen molar-refractivity contribution >= 4 is 11.8 Å². The van der Waals surface area contributed by atoms with E-state index in [0.717, 1.165) is 12.0 Å². The highest BCUT2D eigenvalue weighted by Gasteiger charge is 2.55. The van der Waals surface area contributed by atoms with Crippen LogP contribution in [-0.4, -0.2) is 64.4 Å². The van der Waals surface area contributed by atoms with Crippen molar-refractivity contribution in [3.8, 4) is 23.7 Å². The molecule has 2 amide bonds. The maximum atomic E-state index is 13.5. The number of halogens is 2. The standard InChI is InChI=1S/C19H20F2N4O4/c1-18(28,19(20,21)22)15(17(27)24-29)23-16(26)13-9-7-12(8-10-13)5-3-4-6-14-11-25(14)2/h7-10,14-15,28-29H,11,22H2,1-2H3,(H,23,26)(H,24,27)/t14?,15-,18+,25?/m1/s1. The molecule has 29 heavy (non-hydrogen) atoms. The van der Waals surface area contributed by atoms with Crippen LogP contribution in [0.3, 0.4) is 0 Å². The van der Waals surface area contributed by atoms with Gasteiger partial charge in [-0.1, -0.05) is 11.8 Å². The summed E-state index contributed by atoms with van der Waals surface area (Å²) in [6.45, 7) is 1.48. The summed E-state index contributed by atoms with van der Waals surface area (Å²) < 4.78 is 26.9. The number of carbonyl (C=O) groups is 2. The van der Waals surface area contributed by atoms with E-state index in [-0.39, 0.29) is 11.6 Å². The molecule has 0 aliphatic carbocycles. The average Bonchev–Trinajstić information content (AvgIpc) is 3.37. The van der Waals surface area contributed by atoms with Crippen molar-refractivity contribution in [2.75, 3.05) is 13.6 Å². The number of alkyl halides is 2. The minimum Gasteiger partial charge on any atom is -0.380 e. The van der Waals surface area contributed by atoms with Crippen LogP contribution in [0.1, 0.15) is 22.8 Å². The first-order valence-electron chi connectivity index (χ1n) is 8.43. The maximum Gasteiger partial charge on any atom is 0.330 e. The predicted molar refractivity (Wildman–Crippen MR) is 98.5 cm³/mol. The highest BCUT2D eigenvalue weighted by molar-refractivity contribution is 5.98. The zero-order chi connectivity index (χ0) is 21.8. The maximum absolute atomic E-state index is 13.5. The number of hydroxylamine groups is 1. The second-order valence-corrected chi connectivity index (χ2v) is 6.71. The lowest BCUT2D eigenvalue weighted by molar-refractivity contribution is -0.188. The van der Waals surface area contributed by atoms with Crippen LogP contribution >= 0.6 is 0 Å². The number of benzene rings is 1. The van der Waals surface area contributed by atoms with Gasteiger partial charge in [-0.25, -0.2) is 5.48 Å². The molecule has 1 aromatic rings. The number of amides is 2. The summed E-state index contributed by atoms with van der Waals surface area (Å²) >= 11 is 0. The molecule has 6 N–H and O–H groups in total. The van der Waals surface area contributed by atoms with Crippen LogP contribution in [-0.2, 0) is 4.79 Å². The van der Waals surface area contributed by atoms with Gasteiger partial charge >= 0.3 is 6.05 Å². The minimum absolute atomic E-state index is 0.00752. The normalized spacial score (nSPS) is 20.7. The number of nitrogens with zero attached hydrogens (tertiary/aromatic N) is 1. The zero-order valence-corrected chi connectivity index (χ0v) is 15.7. The first-order chi connectivity index (χ1) is 13.5. The van der Waals surface area contributed by atoms with Crippen LogP contribution in [0.5, 0.6) is 0 Å². The molecule has 154 valence electrons. The first kappa shape index (κ1) is 22.3. The molecule has 1 heterocycles. The van der Waals surface area contributed by atoms with Gasteiger partial charge in [-0.05, 0) is 50.1 Å². The zero-order valence-electron chi connectivity index (χ0n) is 15.7. The van der Waals surface area contributed by atoms with Gasteiger partial charge in [0.05, 0.1) is 6.04 Å². The summed E-state index contributed by atoms with van der Waals surface area (Å²) in [4.78, 5) is 26.0. The van der Waals surface area contributed by atoms with Crippen molar-refractivity contribution in [1.82, 2.24) is 15.7 Å². The van der Waals surface area contributed by atoms with Crippen LogP contribution in [0.2, 0.25) is 0 Å². The summed E-state index contributed by atoms with van der Waals surface area (Å²) in [5.41, 5.74) is 3.12. The van der Waals surface area contributed by atoms with Crippen molar-refractivity contribution < 1.29 is 28.7 Å². The van der Waals surface area contributed by atoms with E-state index in [1.54, 1.807) is 0 Å². The Morgan fingerprint density at radius 3 is 2.38 bits per heavy atom. The smallest absolute Gasteiger partial charge is 0.330 e. The predicted octanol–water partition coefficient (Wildman–Crippen LogP) is -0.738. The highest BCUT2D eigenvalue weighted by atomic mass is 19.3. The van der Waals surface area contributed by atoms with Crippen LogP contribution in [0.4, 0.5) is 8.78 Å². The van der Waals surface area contributed by atoms with Crippen LogP contribution in [0, 0.1) is 23.7 Å². The van der Waals surface area contributed by atoms with E-state index >= 15 is 0 Å². The molecule has 0 radical (unpaired) electrons. The lowest BCUT2D eigenvalue weighted by Gasteiger charge is -2.35. The van der Waals surface area contributed by atoms with Gasteiger partial charge in [-0.2, -0.15) is 8.78 Å². The summed E-state index contributed by atoms with van der Waals surface area (Å²) in [5.74, 6) is 8.75. The minimum atomic E-state index is -4.24. The lowest BCUT2D eigenvalue weighted by Crippen LogP contribution is -2.68. The SMILES string of the molecule is CN1CC1C#CC#Cc1ccc(C(=O)N[C@H](C(=O)NO)[C@](C)(O)C(N)(F)F)cc1. The second kappa shape index (κ2) is 8.55. The van der Waals surface area contributed by atoms with Crippen molar-refractivity contribution in [2.24, 2.45) is 5.73 Å². The molecule has 10 heteroatoms. The molecule has 0 spiro atoms. The molecule has 4 atom stereocenters. The number of rotatable bonds is 5.